The third-order valence-corrected chi connectivity index (χ3v) is 4.46. The van der Waals surface area contributed by atoms with E-state index in [1.54, 1.807) is 0 Å². The Hall–Kier alpha value is -0.710. The summed E-state index contributed by atoms with van der Waals surface area (Å²) in [4.78, 5) is 12.0. The molecule has 2 N–H and O–H groups in total. The Morgan fingerprint density at radius 3 is 2.58 bits per heavy atom. The van der Waals surface area contributed by atoms with E-state index >= 15 is 0 Å². The molecule has 0 aromatic carbocycles. The van der Waals surface area contributed by atoms with Gasteiger partial charge in [0.2, 0.25) is 11.8 Å². The average Bonchev–Trinajstić information content (AvgIpc) is 2.37. The van der Waals surface area contributed by atoms with E-state index in [1.165, 1.54) is 0 Å². The van der Waals surface area contributed by atoms with E-state index in [4.69, 9.17) is 0 Å². The molecule has 1 aliphatic carbocycles. The van der Waals surface area contributed by atoms with Gasteiger partial charge in [-0.05, 0) is 37.6 Å². The van der Waals surface area contributed by atoms with Gasteiger partial charge in [-0.25, -0.2) is 8.78 Å². The van der Waals surface area contributed by atoms with Crippen molar-refractivity contribution in [2.45, 2.75) is 51.4 Å². The van der Waals surface area contributed by atoms with Crippen molar-refractivity contribution in [3.05, 3.63) is 0 Å². The number of hydrogen-bond acceptors (Lipinski definition) is 2. The Kier molecular flexibility index (Phi) is 4.43. The van der Waals surface area contributed by atoms with Crippen LogP contribution in [0.3, 0.4) is 0 Å². The molecule has 0 aromatic heterocycles. The fourth-order valence-corrected chi connectivity index (χ4v) is 3.02. The van der Waals surface area contributed by atoms with Gasteiger partial charge in [0.15, 0.2) is 0 Å². The molecule has 1 amide bonds. The van der Waals surface area contributed by atoms with Crippen molar-refractivity contribution in [3.8, 4) is 0 Å². The van der Waals surface area contributed by atoms with E-state index in [2.05, 4.69) is 17.6 Å². The third kappa shape index (κ3) is 4.13. The van der Waals surface area contributed by atoms with E-state index in [9.17, 15) is 13.6 Å². The Balaban J connectivity index is 1.75. The largest absolute Gasteiger partial charge is 0.355 e. The highest BCUT2D eigenvalue weighted by Crippen LogP contribution is 2.36. The Bertz CT molecular complexity index is 317. The summed E-state index contributed by atoms with van der Waals surface area (Å²) in [7, 11) is 0. The molecule has 1 saturated heterocycles. The number of amides is 1. The molecule has 2 fully saturated rings. The molecule has 2 aliphatic rings. The van der Waals surface area contributed by atoms with Crippen molar-refractivity contribution in [3.63, 3.8) is 0 Å². The smallest absolute Gasteiger partial charge is 0.248 e. The van der Waals surface area contributed by atoms with Crippen LogP contribution in [-0.2, 0) is 4.79 Å². The van der Waals surface area contributed by atoms with Crippen LogP contribution in [0.5, 0.6) is 0 Å². The lowest BCUT2D eigenvalue weighted by Crippen LogP contribution is -2.47. The first-order chi connectivity index (χ1) is 8.90. The van der Waals surface area contributed by atoms with Gasteiger partial charge in [-0.2, -0.15) is 0 Å². The van der Waals surface area contributed by atoms with Crippen LogP contribution in [-0.4, -0.2) is 31.5 Å². The summed E-state index contributed by atoms with van der Waals surface area (Å²) in [6, 6.07) is 0. The Labute approximate surface area is 113 Å². The molecule has 1 atom stereocenters. The molecule has 1 heterocycles. The zero-order valence-corrected chi connectivity index (χ0v) is 11.6. The SMILES string of the molecule is CC1(CNC(=O)C2CCC(F)(F)CC2)CCCNC1. The molecule has 110 valence electrons. The average molecular weight is 274 g/mol. The number of alkyl halides is 2. The molecule has 0 spiro atoms. The minimum absolute atomic E-state index is 0.0395. The lowest BCUT2D eigenvalue weighted by Gasteiger charge is -2.35. The van der Waals surface area contributed by atoms with Crippen LogP contribution in [0.2, 0.25) is 0 Å². The quantitative estimate of drug-likeness (QED) is 0.829. The lowest BCUT2D eigenvalue weighted by atomic mass is 9.82. The summed E-state index contributed by atoms with van der Waals surface area (Å²) in [6.07, 6.45) is 2.56. The van der Waals surface area contributed by atoms with Gasteiger partial charge in [0.25, 0.3) is 0 Å². The van der Waals surface area contributed by atoms with E-state index in [0.717, 1.165) is 25.9 Å². The maximum absolute atomic E-state index is 13.0. The molecular formula is C14H24F2N2O. The van der Waals surface area contributed by atoms with E-state index in [-0.39, 0.29) is 30.1 Å². The molecule has 1 unspecified atom stereocenters. The summed E-state index contributed by atoms with van der Waals surface area (Å²) in [5.41, 5.74) is 0.104. The van der Waals surface area contributed by atoms with Gasteiger partial charge in [-0.3, -0.25) is 4.79 Å². The highest BCUT2D eigenvalue weighted by Gasteiger charge is 2.37. The van der Waals surface area contributed by atoms with Gasteiger partial charge in [-0.15, -0.1) is 0 Å². The zero-order valence-electron chi connectivity index (χ0n) is 11.6. The molecule has 3 nitrogen and oxygen atoms in total. The third-order valence-electron chi connectivity index (χ3n) is 4.46. The number of carbonyl (C=O) groups is 1. The van der Waals surface area contributed by atoms with Crippen molar-refractivity contribution in [2.75, 3.05) is 19.6 Å². The molecular weight excluding hydrogens is 250 g/mol. The van der Waals surface area contributed by atoms with Crippen molar-refractivity contribution in [1.29, 1.82) is 0 Å². The minimum Gasteiger partial charge on any atom is -0.355 e. The minimum atomic E-state index is -2.56. The standard InChI is InChI=1S/C14H24F2N2O/c1-13(5-2-8-17-9-13)10-18-12(19)11-3-6-14(15,16)7-4-11/h11,17H,2-10H2,1H3,(H,18,19). The van der Waals surface area contributed by atoms with Crippen molar-refractivity contribution >= 4 is 5.91 Å². The van der Waals surface area contributed by atoms with Gasteiger partial charge in [-0.1, -0.05) is 6.92 Å². The predicted octanol–water partition coefficient (Wildman–Crippen LogP) is 2.32. The van der Waals surface area contributed by atoms with Crippen molar-refractivity contribution in [1.82, 2.24) is 10.6 Å². The first-order valence-electron chi connectivity index (χ1n) is 7.27. The number of nitrogens with one attached hydrogen (secondary N) is 2. The van der Waals surface area contributed by atoms with Crippen LogP contribution in [0.15, 0.2) is 0 Å². The fourth-order valence-electron chi connectivity index (χ4n) is 3.02. The highest BCUT2D eigenvalue weighted by atomic mass is 19.3. The molecule has 19 heavy (non-hydrogen) atoms. The molecule has 1 saturated carbocycles. The number of rotatable bonds is 3. The van der Waals surface area contributed by atoms with Crippen LogP contribution in [0.1, 0.15) is 45.4 Å². The van der Waals surface area contributed by atoms with E-state index < -0.39 is 5.92 Å². The lowest BCUT2D eigenvalue weighted by molar-refractivity contribution is -0.129. The van der Waals surface area contributed by atoms with Gasteiger partial charge < -0.3 is 10.6 Å². The fraction of sp³-hybridized carbons (Fsp3) is 0.929. The van der Waals surface area contributed by atoms with Crippen LogP contribution in [0, 0.1) is 11.3 Å². The monoisotopic (exact) mass is 274 g/mol. The molecule has 0 bridgehead atoms. The van der Waals surface area contributed by atoms with Gasteiger partial charge in [0, 0.05) is 31.8 Å². The highest BCUT2D eigenvalue weighted by molar-refractivity contribution is 5.78. The summed E-state index contributed by atoms with van der Waals surface area (Å²) in [5, 5.41) is 6.31. The summed E-state index contributed by atoms with van der Waals surface area (Å²) >= 11 is 0. The second-order valence-electron chi connectivity index (χ2n) is 6.44. The van der Waals surface area contributed by atoms with E-state index in [0.29, 0.717) is 19.4 Å². The van der Waals surface area contributed by atoms with Gasteiger partial charge in [0.1, 0.15) is 0 Å². The summed E-state index contributed by atoms with van der Waals surface area (Å²) < 4.78 is 26.1. The topological polar surface area (TPSA) is 41.1 Å². The number of carbonyl (C=O) groups excluding carboxylic acids is 1. The van der Waals surface area contributed by atoms with Crippen molar-refractivity contribution in [2.24, 2.45) is 11.3 Å². The predicted molar refractivity (Wildman–Crippen MR) is 70.1 cm³/mol. The molecule has 0 aromatic rings. The number of halogens is 2. The number of hydrogen-bond donors (Lipinski definition) is 2. The summed E-state index contributed by atoms with van der Waals surface area (Å²) in [5.74, 6) is -2.82. The molecule has 5 heteroatoms. The van der Waals surface area contributed by atoms with Crippen LogP contribution >= 0.6 is 0 Å². The van der Waals surface area contributed by atoms with Crippen LogP contribution in [0.4, 0.5) is 8.78 Å². The normalized spacial score (nSPS) is 31.9. The van der Waals surface area contributed by atoms with Crippen molar-refractivity contribution < 1.29 is 13.6 Å². The Morgan fingerprint density at radius 1 is 1.32 bits per heavy atom. The van der Waals surface area contributed by atoms with Crippen LogP contribution in [0.25, 0.3) is 0 Å². The maximum Gasteiger partial charge on any atom is 0.248 e. The first kappa shape index (κ1) is 14.7. The first-order valence-corrected chi connectivity index (χ1v) is 7.27. The maximum atomic E-state index is 13.0. The van der Waals surface area contributed by atoms with Gasteiger partial charge in [0.05, 0.1) is 0 Å². The molecule has 2 rings (SSSR count). The molecule has 1 aliphatic heterocycles. The van der Waals surface area contributed by atoms with Gasteiger partial charge >= 0.3 is 0 Å². The second-order valence-corrected chi connectivity index (χ2v) is 6.44. The molecule has 0 radical (unpaired) electrons. The Morgan fingerprint density at radius 2 is 2.00 bits per heavy atom. The zero-order chi connectivity index (χ0) is 13.9. The second kappa shape index (κ2) is 5.73. The number of piperidine rings is 1. The van der Waals surface area contributed by atoms with E-state index in [1.807, 2.05) is 0 Å². The summed E-state index contributed by atoms with van der Waals surface area (Å²) in [6.45, 7) is 4.76. The van der Waals surface area contributed by atoms with Crippen LogP contribution < -0.4 is 10.6 Å².